The number of thioether (sulfide) groups is 1. The first kappa shape index (κ1) is 25.6. The van der Waals surface area contributed by atoms with Crippen LogP contribution in [0.1, 0.15) is 42.0 Å². The van der Waals surface area contributed by atoms with Crippen molar-refractivity contribution in [3.8, 4) is 23.3 Å². The first-order valence-electron chi connectivity index (χ1n) is 10.4. The van der Waals surface area contributed by atoms with Gasteiger partial charge in [-0.2, -0.15) is 23.7 Å². The van der Waals surface area contributed by atoms with E-state index in [0.29, 0.717) is 17.0 Å². The van der Waals surface area contributed by atoms with E-state index in [1.807, 2.05) is 32.0 Å². The van der Waals surface area contributed by atoms with Gasteiger partial charge in [0, 0.05) is 11.3 Å². The van der Waals surface area contributed by atoms with E-state index < -0.39 is 17.6 Å². The Bertz CT molecular complexity index is 1320. The molecular weight excluding hydrogens is 475 g/mol. The standard InChI is InChI=1S/C25H20F3N5OS/c1-14(2)15-3-5-16(6-4-15)22-19(11-29)23(31)33-24(20(22)12-30)35-13-21(34)32-18-9-7-17(8-10-18)25(26,27)28/h3-10,14H,13H2,1-2H3,(H2,31,33)(H,32,34). The summed E-state index contributed by atoms with van der Waals surface area (Å²) in [4.78, 5) is 16.5. The summed E-state index contributed by atoms with van der Waals surface area (Å²) in [6, 6.07) is 15.5. The number of nitrogens with zero attached hydrogens (tertiary/aromatic N) is 3. The van der Waals surface area contributed by atoms with Crippen molar-refractivity contribution in [2.24, 2.45) is 0 Å². The van der Waals surface area contributed by atoms with Gasteiger partial charge in [0.25, 0.3) is 0 Å². The third-order valence-electron chi connectivity index (χ3n) is 5.12. The van der Waals surface area contributed by atoms with E-state index in [2.05, 4.69) is 16.4 Å². The third kappa shape index (κ3) is 5.92. The van der Waals surface area contributed by atoms with Gasteiger partial charge in [0.2, 0.25) is 5.91 Å². The Hall–Kier alpha value is -4.02. The zero-order valence-electron chi connectivity index (χ0n) is 18.8. The molecule has 0 radical (unpaired) electrons. The lowest BCUT2D eigenvalue weighted by Crippen LogP contribution is -2.15. The number of hydrogen-bond acceptors (Lipinski definition) is 6. The average molecular weight is 496 g/mol. The maximum Gasteiger partial charge on any atom is 0.416 e. The Morgan fingerprint density at radius 2 is 1.66 bits per heavy atom. The van der Waals surface area contributed by atoms with Gasteiger partial charge < -0.3 is 11.1 Å². The molecule has 0 bridgehead atoms. The number of alkyl halides is 3. The Morgan fingerprint density at radius 1 is 1.06 bits per heavy atom. The van der Waals surface area contributed by atoms with E-state index in [9.17, 15) is 28.5 Å². The third-order valence-corrected chi connectivity index (χ3v) is 6.09. The topological polar surface area (TPSA) is 116 Å². The minimum absolute atomic E-state index is 0.0670. The Balaban J connectivity index is 1.85. The first-order valence-corrected chi connectivity index (χ1v) is 11.4. The predicted octanol–water partition coefficient (Wildman–Crippen LogP) is 5.95. The molecule has 3 aromatic rings. The van der Waals surface area contributed by atoms with Gasteiger partial charge in [-0.05, 0) is 41.3 Å². The van der Waals surface area contributed by atoms with E-state index in [4.69, 9.17) is 5.73 Å². The summed E-state index contributed by atoms with van der Waals surface area (Å²) in [6.45, 7) is 4.09. The Kier molecular flexibility index (Phi) is 7.68. The number of rotatable bonds is 6. The molecule has 178 valence electrons. The monoisotopic (exact) mass is 495 g/mol. The molecule has 0 aliphatic rings. The summed E-state index contributed by atoms with van der Waals surface area (Å²) < 4.78 is 38.1. The molecule has 0 fully saturated rings. The lowest BCUT2D eigenvalue weighted by Gasteiger charge is -2.14. The maximum atomic E-state index is 12.7. The number of amides is 1. The van der Waals surface area contributed by atoms with Crippen LogP contribution in [-0.2, 0) is 11.0 Å². The molecule has 3 N–H and O–H groups in total. The molecular formula is C25H20F3N5OS. The quantitative estimate of drug-likeness (QED) is 0.409. The smallest absolute Gasteiger partial charge is 0.383 e. The lowest BCUT2D eigenvalue weighted by atomic mass is 9.94. The van der Waals surface area contributed by atoms with Crippen LogP contribution >= 0.6 is 11.8 Å². The number of aromatic nitrogens is 1. The molecule has 35 heavy (non-hydrogen) atoms. The first-order chi connectivity index (χ1) is 16.5. The minimum Gasteiger partial charge on any atom is -0.383 e. The lowest BCUT2D eigenvalue weighted by molar-refractivity contribution is -0.137. The second kappa shape index (κ2) is 10.5. The van der Waals surface area contributed by atoms with Crippen molar-refractivity contribution in [3.63, 3.8) is 0 Å². The van der Waals surface area contributed by atoms with E-state index >= 15 is 0 Å². The van der Waals surface area contributed by atoms with Crippen LogP contribution in [-0.4, -0.2) is 16.6 Å². The van der Waals surface area contributed by atoms with Crippen LogP contribution in [0.15, 0.2) is 53.6 Å². The SMILES string of the molecule is CC(C)c1ccc(-c2c(C#N)c(N)nc(SCC(=O)Nc3ccc(C(F)(F)F)cc3)c2C#N)cc1. The summed E-state index contributed by atoms with van der Waals surface area (Å²) in [5.41, 5.74) is 7.59. The van der Waals surface area contributed by atoms with Crippen LogP contribution < -0.4 is 11.1 Å². The van der Waals surface area contributed by atoms with Crippen molar-refractivity contribution in [2.45, 2.75) is 31.0 Å². The number of carbonyl (C=O) groups excluding carboxylic acids is 1. The van der Waals surface area contributed by atoms with Crippen LogP contribution in [0.5, 0.6) is 0 Å². The maximum absolute atomic E-state index is 12.7. The van der Waals surface area contributed by atoms with Crippen molar-refractivity contribution in [2.75, 3.05) is 16.8 Å². The molecule has 0 aliphatic carbocycles. The molecule has 0 saturated carbocycles. The van der Waals surface area contributed by atoms with Crippen LogP contribution in [0.25, 0.3) is 11.1 Å². The Labute approximate surface area is 204 Å². The van der Waals surface area contributed by atoms with Crippen molar-refractivity contribution < 1.29 is 18.0 Å². The second-order valence-corrected chi connectivity index (χ2v) is 8.80. The summed E-state index contributed by atoms with van der Waals surface area (Å²) >= 11 is 0.942. The van der Waals surface area contributed by atoms with E-state index in [0.717, 1.165) is 41.6 Å². The fourth-order valence-electron chi connectivity index (χ4n) is 3.30. The molecule has 0 atom stereocenters. The van der Waals surface area contributed by atoms with Crippen LogP contribution in [0.4, 0.5) is 24.7 Å². The molecule has 0 aliphatic heterocycles. The molecule has 10 heteroatoms. The minimum atomic E-state index is -4.47. The molecule has 1 heterocycles. The number of nitrogens with two attached hydrogens (primary N) is 1. The number of anilines is 2. The molecule has 1 amide bonds. The fraction of sp³-hybridized carbons (Fsp3) is 0.200. The Morgan fingerprint density at radius 3 is 2.17 bits per heavy atom. The number of nitrogens with one attached hydrogen (secondary N) is 1. The van der Waals surface area contributed by atoms with E-state index in [-0.39, 0.29) is 33.4 Å². The van der Waals surface area contributed by atoms with Gasteiger partial charge in [-0.25, -0.2) is 4.98 Å². The number of hydrogen-bond donors (Lipinski definition) is 2. The normalized spacial score (nSPS) is 11.1. The zero-order chi connectivity index (χ0) is 25.8. The van der Waals surface area contributed by atoms with Gasteiger partial charge in [0.1, 0.15) is 28.5 Å². The van der Waals surface area contributed by atoms with E-state index in [1.54, 1.807) is 12.1 Å². The summed E-state index contributed by atoms with van der Waals surface area (Å²) in [5.74, 6) is -0.460. The molecule has 1 aromatic heterocycles. The number of nitrogen functional groups attached to an aromatic ring is 1. The number of benzene rings is 2. The van der Waals surface area contributed by atoms with Crippen LogP contribution in [0, 0.1) is 22.7 Å². The highest BCUT2D eigenvalue weighted by molar-refractivity contribution is 8.00. The van der Waals surface area contributed by atoms with Crippen molar-refractivity contribution in [1.82, 2.24) is 4.98 Å². The largest absolute Gasteiger partial charge is 0.416 e. The van der Waals surface area contributed by atoms with Gasteiger partial charge >= 0.3 is 6.18 Å². The zero-order valence-corrected chi connectivity index (χ0v) is 19.6. The van der Waals surface area contributed by atoms with Crippen molar-refractivity contribution in [1.29, 1.82) is 10.5 Å². The van der Waals surface area contributed by atoms with Gasteiger partial charge in [-0.15, -0.1) is 0 Å². The molecule has 6 nitrogen and oxygen atoms in total. The molecule has 3 rings (SSSR count). The van der Waals surface area contributed by atoms with Crippen LogP contribution in [0.2, 0.25) is 0 Å². The van der Waals surface area contributed by atoms with Gasteiger partial charge in [-0.3, -0.25) is 4.79 Å². The summed E-state index contributed by atoms with van der Waals surface area (Å²) in [7, 11) is 0. The molecule has 0 saturated heterocycles. The van der Waals surface area contributed by atoms with Gasteiger partial charge in [0.15, 0.2) is 0 Å². The number of halogens is 3. The molecule has 2 aromatic carbocycles. The number of carbonyl (C=O) groups is 1. The fourth-order valence-corrected chi connectivity index (χ4v) is 4.09. The van der Waals surface area contributed by atoms with E-state index in [1.165, 1.54) is 0 Å². The summed E-state index contributed by atoms with van der Waals surface area (Å²) in [5, 5.41) is 22.2. The highest BCUT2D eigenvalue weighted by Crippen LogP contribution is 2.36. The average Bonchev–Trinajstić information content (AvgIpc) is 2.82. The number of nitriles is 2. The highest BCUT2D eigenvalue weighted by Gasteiger charge is 2.30. The molecule has 0 spiro atoms. The summed E-state index contributed by atoms with van der Waals surface area (Å²) in [6.07, 6.45) is -4.47. The number of pyridine rings is 1. The highest BCUT2D eigenvalue weighted by atomic mass is 32.2. The predicted molar refractivity (Wildman–Crippen MR) is 128 cm³/mol. The molecule has 0 unspecified atom stereocenters. The van der Waals surface area contributed by atoms with Crippen LogP contribution in [0.3, 0.4) is 0 Å². The van der Waals surface area contributed by atoms with Gasteiger partial charge in [-0.1, -0.05) is 49.9 Å². The van der Waals surface area contributed by atoms with Gasteiger partial charge in [0.05, 0.1) is 16.9 Å². The van der Waals surface area contributed by atoms with Crippen molar-refractivity contribution in [3.05, 3.63) is 70.8 Å². The van der Waals surface area contributed by atoms with Crippen molar-refractivity contribution >= 4 is 29.2 Å². The second-order valence-electron chi connectivity index (χ2n) is 7.84.